The van der Waals surface area contributed by atoms with Gasteiger partial charge in [0.15, 0.2) is 0 Å². The van der Waals surface area contributed by atoms with Crippen LogP contribution in [-0.4, -0.2) is 52.0 Å². The van der Waals surface area contributed by atoms with Crippen molar-refractivity contribution in [1.82, 2.24) is 4.57 Å². The molecule has 2 aliphatic rings. The summed E-state index contributed by atoms with van der Waals surface area (Å²) in [5.41, 5.74) is 2.36. The summed E-state index contributed by atoms with van der Waals surface area (Å²) >= 11 is 0. The minimum Gasteiger partial charge on any atom is -0.383 e. The molecule has 1 amide bonds. The lowest BCUT2D eigenvalue weighted by Crippen LogP contribution is -2.35. The van der Waals surface area contributed by atoms with E-state index in [0.717, 1.165) is 32.2 Å². The third-order valence-corrected chi connectivity index (χ3v) is 7.05. The first-order valence-electron chi connectivity index (χ1n) is 11.1. The third-order valence-electron chi connectivity index (χ3n) is 6.45. The molecule has 0 radical (unpaired) electrons. The molecule has 33 heavy (non-hydrogen) atoms. The smallest absolute Gasteiger partial charge is 0.257 e. The van der Waals surface area contributed by atoms with E-state index in [2.05, 4.69) is 14.9 Å². The number of pyridine rings is 1. The standard InChI is InChI=1S/C23H30N4O5S/c1-32-14-13-27-16-18(4-6-21(27)28)24-22(29)19-5-3-17(25-33(2,30)31)15-20(19)26-11-9-23(7-8-23)10-12-26/h3-6,15-16,25H,7-14H2,1-2H3,(H,24,29). The first-order chi connectivity index (χ1) is 15.7. The number of hydrogen-bond donors (Lipinski definition) is 2. The van der Waals surface area contributed by atoms with Crippen LogP contribution < -0.4 is 20.5 Å². The first-order valence-corrected chi connectivity index (χ1v) is 12.9. The van der Waals surface area contributed by atoms with Crippen LogP contribution in [0.1, 0.15) is 36.0 Å². The van der Waals surface area contributed by atoms with Crippen LogP contribution in [-0.2, 0) is 21.3 Å². The molecule has 0 unspecified atom stereocenters. The fourth-order valence-corrected chi connectivity index (χ4v) is 4.88. The molecule has 4 rings (SSSR count). The van der Waals surface area contributed by atoms with Gasteiger partial charge in [-0.05, 0) is 55.4 Å². The summed E-state index contributed by atoms with van der Waals surface area (Å²) in [6, 6.07) is 7.93. The van der Waals surface area contributed by atoms with Gasteiger partial charge in [-0.1, -0.05) is 0 Å². The molecular weight excluding hydrogens is 444 g/mol. The highest BCUT2D eigenvalue weighted by atomic mass is 32.2. The number of amides is 1. The number of methoxy groups -OCH3 is 1. The lowest BCUT2D eigenvalue weighted by Gasteiger charge is -2.35. The Kier molecular flexibility index (Phi) is 6.49. The summed E-state index contributed by atoms with van der Waals surface area (Å²) in [5.74, 6) is -0.320. The van der Waals surface area contributed by atoms with Gasteiger partial charge in [-0.15, -0.1) is 0 Å². The predicted molar refractivity (Wildman–Crippen MR) is 129 cm³/mol. The zero-order valence-electron chi connectivity index (χ0n) is 19.0. The van der Waals surface area contributed by atoms with Crippen molar-refractivity contribution in [3.8, 4) is 0 Å². The van der Waals surface area contributed by atoms with Crippen molar-refractivity contribution >= 4 is 33.0 Å². The summed E-state index contributed by atoms with van der Waals surface area (Å²) in [6.07, 6.45) is 7.37. The second-order valence-corrected chi connectivity index (χ2v) is 10.7. The highest BCUT2D eigenvalue weighted by molar-refractivity contribution is 7.92. The van der Waals surface area contributed by atoms with Crippen molar-refractivity contribution in [1.29, 1.82) is 0 Å². The molecule has 0 bridgehead atoms. The number of carbonyl (C=O) groups excluding carboxylic acids is 1. The maximum absolute atomic E-state index is 13.2. The minimum absolute atomic E-state index is 0.177. The van der Waals surface area contributed by atoms with Gasteiger partial charge in [0.2, 0.25) is 10.0 Å². The number of ether oxygens (including phenoxy) is 1. The molecular formula is C23H30N4O5S. The number of nitrogens with one attached hydrogen (secondary N) is 2. The van der Waals surface area contributed by atoms with Crippen molar-refractivity contribution in [2.24, 2.45) is 5.41 Å². The Morgan fingerprint density at radius 3 is 2.42 bits per heavy atom. The van der Waals surface area contributed by atoms with Gasteiger partial charge in [-0.3, -0.25) is 14.3 Å². The van der Waals surface area contributed by atoms with E-state index in [1.165, 1.54) is 23.5 Å². The maximum Gasteiger partial charge on any atom is 0.257 e. The highest BCUT2D eigenvalue weighted by Gasteiger charge is 2.44. The molecule has 0 atom stereocenters. The fraction of sp³-hybridized carbons (Fsp3) is 0.478. The molecule has 1 aliphatic heterocycles. The second-order valence-electron chi connectivity index (χ2n) is 8.99. The van der Waals surface area contributed by atoms with Gasteiger partial charge in [-0.25, -0.2) is 8.42 Å². The van der Waals surface area contributed by atoms with Crippen LogP contribution in [0.4, 0.5) is 17.1 Å². The summed E-state index contributed by atoms with van der Waals surface area (Å²) in [7, 11) is -1.88. The van der Waals surface area contributed by atoms with Crippen LogP contribution in [0.25, 0.3) is 0 Å². The molecule has 1 saturated carbocycles. The number of sulfonamides is 1. The molecule has 2 heterocycles. The van der Waals surface area contributed by atoms with Crippen molar-refractivity contribution in [3.63, 3.8) is 0 Å². The molecule has 1 aromatic carbocycles. The molecule has 2 aromatic rings. The van der Waals surface area contributed by atoms with Gasteiger partial charge in [0.1, 0.15) is 0 Å². The summed E-state index contributed by atoms with van der Waals surface area (Å²) in [6.45, 7) is 2.41. The van der Waals surface area contributed by atoms with Crippen LogP contribution in [0, 0.1) is 5.41 Å². The Morgan fingerprint density at radius 1 is 1.09 bits per heavy atom. The zero-order chi connectivity index (χ0) is 23.6. The number of piperidine rings is 1. The topological polar surface area (TPSA) is 110 Å². The number of aromatic nitrogens is 1. The largest absolute Gasteiger partial charge is 0.383 e. The van der Waals surface area contributed by atoms with E-state index in [0.29, 0.717) is 41.2 Å². The Morgan fingerprint density at radius 2 is 1.79 bits per heavy atom. The van der Waals surface area contributed by atoms with E-state index in [-0.39, 0.29) is 11.5 Å². The Balaban J connectivity index is 1.60. The van der Waals surface area contributed by atoms with Crippen LogP contribution in [0.5, 0.6) is 0 Å². The number of rotatable bonds is 8. The SMILES string of the molecule is COCCn1cc(NC(=O)c2ccc(NS(C)(=O)=O)cc2N2CCC3(CC2)CC3)ccc1=O. The monoisotopic (exact) mass is 474 g/mol. The molecule has 1 aliphatic carbocycles. The van der Waals surface area contributed by atoms with E-state index in [1.54, 1.807) is 37.6 Å². The van der Waals surface area contributed by atoms with Crippen LogP contribution >= 0.6 is 0 Å². The molecule has 1 saturated heterocycles. The predicted octanol–water partition coefficient (Wildman–Crippen LogP) is 2.50. The number of nitrogens with zero attached hydrogens (tertiary/aromatic N) is 2. The first kappa shape index (κ1) is 23.3. The number of hydrogen-bond acceptors (Lipinski definition) is 6. The van der Waals surface area contributed by atoms with Crippen LogP contribution in [0.2, 0.25) is 0 Å². The Bertz CT molecular complexity index is 1190. The van der Waals surface area contributed by atoms with Crippen molar-refractivity contribution < 1.29 is 17.9 Å². The van der Waals surface area contributed by atoms with Crippen molar-refractivity contribution in [3.05, 3.63) is 52.4 Å². The van der Waals surface area contributed by atoms with E-state index in [4.69, 9.17) is 4.74 Å². The molecule has 10 heteroatoms. The normalized spacial score (nSPS) is 17.1. The van der Waals surface area contributed by atoms with E-state index >= 15 is 0 Å². The molecule has 178 valence electrons. The molecule has 2 N–H and O–H groups in total. The van der Waals surface area contributed by atoms with Gasteiger partial charge in [-0.2, -0.15) is 0 Å². The number of benzene rings is 1. The van der Waals surface area contributed by atoms with E-state index in [9.17, 15) is 18.0 Å². The quantitative estimate of drug-likeness (QED) is 0.608. The van der Waals surface area contributed by atoms with Crippen molar-refractivity contribution in [2.45, 2.75) is 32.2 Å². The molecule has 9 nitrogen and oxygen atoms in total. The number of carbonyl (C=O) groups is 1. The van der Waals surface area contributed by atoms with E-state index < -0.39 is 10.0 Å². The Labute approximate surface area is 193 Å². The van der Waals surface area contributed by atoms with Gasteiger partial charge in [0.25, 0.3) is 11.5 Å². The Hall–Kier alpha value is -2.85. The maximum atomic E-state index is 13.2. The summed E-state index contributed by atoms with van der Waals surface area (Å²) in [4.78, 5) is 27.4. The molecule has 2 fully saturated rings. The second kappa shape index (κ2) is 9.18. The highest BCUT2D eigenvalue weighted by Crippen LogP contribution is 2.54. The van der Waals surface area contributed by atoms with Crippen LogP contribution in [0.3, 0.4) is 0 Å². The van der Waals surface area contributed by atoms with Gasteiger partial charge >= 0.3 is 0 Å². The van der Waals surface area contributed by atoms with E-state index in [1.807, 2.05) is 0 Å². The average molecular weight is 475 g/mol. The van der Waals surface area contributed by atoms with Crippen LogP contribution in [0.15, 0.2) is 41.3 Å². The average Bonchev–Trinajstić information content (AvgIpc) is 3.52. The van der Waals surface area contributed by atoms with Gasteiger partial charge < -0.3 is 19.5 Å². The molecule has 1 spiro atoms. The lowest BCUT2D eigenvalue weighted by atomic mass is 9.93. The number of anilines is 3. The summed E-state index contributed by atoms with van der Waals surface area (Å²) in [5, 5.41) is 2.87. The third kappa shape index (κ3) is 5.75. The van der Waals surface area contributed by atoms with Gasteiger partial charge in [0.05, 0.1) is 35.5 Å². The lowest BCUT2D eigenvalue weighted by molar-refractivity contribution is 0.102. The summed E-state index contributed by atoms with van der Waals surface area (Å²) < 4.78 is 32.5. The van der Waals surface area contributed by atoms with Crippen molar-refractivity contribution in [2.75, 3.05) is 48.0 Å². The molecule has 1 aromatic heterocycles. The van der Waals surface area contributed by atoms with Gasteiger partial charge in [0, 0.05) is 39.0 Å². The fourth-order valence-electron chi connectivity index (χ4n) is 4.33. The minimum atomic E-state index is -3.44. The zero-order valence-corrected chi connectivity index (χ0v) is 19.8.